The van der Waals surface area contributed by atoms with Gasteiger partial charge in [0.15, 0.2) is 0 Å². The van der Waals surface area contributed by atoms with Crippen LogP contribution in [0.3, 0.4) is 0 Å². The van der Waals surface area contributed by atoms with Gasteiger partial charge in [-0.2, -0.15) is 0 Å². The minimum Gasteiger partial charge on any atom is -0.463 e. The van der Waals surface area contributed by atoms with E-state index in [1.54, 1.807) is 13.0 Å². The second-order valence-corrected chi connectivity index (χ2v) is 4.18. The second-order valence-electron chi connectivity index (χ2n) is 4.18. The SMILES string of the molecule is CCOC(=O)/C=C(/c1ccccc1)c1cccn1C. The van der Waals surface area contributed by atoms with Crippen molar-refractivity contribution in [3.8, 4) is 0 Å². The molecular formula is C16H17NO2. The smallest absolute Gasteiger partial charge is 0.331 e. The maximum absolute atomic E-state index is 11.7. The maximum atomic E-state index is 11.7. The molecule has 2 rings (SSSR count). The van der Waals surface area contributed by atoms with Crippen LogP contribution in [-0.2, 0) is 16.6 Å². The van der Waals surface area contributed by atoms with Gasteiger partial charge in [-0.05, 0) is 24.6 Å². The summed E-state index contributed by atoms with van der Waals surface area (Å²) in [6.07, 6.45) is 3.51. The third-order valence-electron chi connectivity index (χ3n) is 2.85. The van der Waals surface area contributed by atoms with Crippen LogP contribution in [0.1, 0.15) is 18.2 Å². The van der Waals surface area contributed by atoms with Crippen molar-refractivity contribution in [3.63, 3.8) is 0 Å². The summed E-state index contributed by atoms with van der Waals surface area (Å²) in [6, 6.07) is 13.8. The fraction of sp³-hybridized carbons (Fsp3) is 0.188. The number of benzene rings is 1. The Morgan fingerprint density at radius 1 is 1.21 bits per heavy atom. The Hall–Kier alpha value is -2.29. The lowest BCUT2D eigenvalue weighted by Gasteiger charge is -2.09. The molecular weight excluding hydrogens is 238 g/mol. The fourth-order valence-corrected chi connectivity index (χ4v) is 1.97. The number of hydrogen-bond donors (Lipinski definition) is 0. The Bertz CT molecular complexity index is 582. The molecule has 1 heterocycles. The zero-order valence-electron chi connectivity index (χ0n) is 11.2. The van der Waals surface area contributed by atoms with E-state index in [1.165, 1.54) is 0 Å². The van der Waals surface area contributed by atoms with Gasteiger partial charge in [-0.3, -0.25) is 0 Å². The van der Waals surface area contributed by atoms with Gasteiger partial charge in [-0.15, -0.1) is 0 Å². The number of aromatic nitrogens is 1. The summed E-state index contributed by atoms with van der Waals surface area (Å²) in [6.45, 7) is 2.18. The first kappa shape index (κ1) is 13.1. The van der Waals surface area contributed by atoms with E-state index < -0.39 is 0 Å². The van der Waals surface area contributed by atoms with Crippen LogP contribution < -0.4 is 0 Å². The minimum absolute atomic E-state index is 0.317. The van der Waals surface area contributed by atoms with Crippen molar-refractivity contribution in [1.82, 2.24) is 4.57 Å². The number of carbonyl (C=O) groups excluding carboxylic acids is 1. The number of carbonyl (C=O) groups is 1. The lowest BCUT2D eigenvalue weighted by molar-refractivity contribution is -0.137. The highest BCUT2D eigenvalue weighted by molar-refractivity contribution is 5.95. The number of nitrogens with zero attached hydrogens (tertiary/aromatic N) is 1. The molecule has 1 aromatic carbocycles. The molecule has 0 unspecified atom stereocenters. The number of esters is 1. The van der Waals surface area contributed by atoms with Crippen LogP contribution in [0.5, 0.6) is 0 Å². The van der Waals surface area contributed by atoms with Crippen molar-refractivity contribution in [3.05, 3.63) is 66.0 Å². The third kappa shape index (κ3) is 3.13. The first-order valence-corrected chi connectivity index (χ1v) is 6.28. The van der Waals surface area contributed by atoms with E-state index in [-0.39, 0.29) is 5.97 Å². The van der Waals surface area contributed by atoms with Crippen LogP contribution in [0.25, 0.3) is 5.57 Å². The second kappa shape index (κ2) is 6.05. The number of rotatable bonds is 4. The maximum Gasteiger partial charge on any atom is 0.331 e. The first-order chi connectivity index (χ1) is 9.22. The molecule has 0 bridgehead atoms. The predicted octanol–water partition coefficient (Wildman–Crippen LogP) is 3.02. The van der Waals surface area contributed by atoms with E-state index in [2.05, 4.69) is 0 Å². The van der Waals surface area contributed by atoms with E-state index in [0.29, 0.717) is 6.61 Å². The van der Waals surface area contributed by atoms with Gasteiger partial charge >= 0.3 is 5.97 Å². The summed E-state index contributed by atoms with van der Waals surface area (Å²) in [7, 11) is 1.96. The van der Waals surface area contributed by atoms with Crippen molar-refractivity contribution in [2.24, 2.45) is 7.05 Å². The lowest BCUT2D eigenvalue weighted by Crippen LogP contribution is -2.03. The summed E-state index contributed by atoms with van der Waals surface area (Å²) < 4.78 is 6.99. The highest BCUT2D eigenvalue weighted by atomic mass is 16.5. The molecule has 0 aliphatic heterocycles. The molecule has 0 aliphatic rings. The molecule has 0 fully saturated rings. The number of aryl methyl sites for hydroxylation is 1. The molecule has 0 amide bonds. The average molecular weight is 255 g/mol. The van der Waals surface area contributed by atoms with E-state index in [9.17, 15) is 4.79 Å². The molecule has 1 aromatic heterocycles. The largest absolute Gasteiger partial charge is 0.463 e. The zero-order valence-corrected chi connectivity index (χ0v) is 11.2. The van der Waals surface area contributed by atoms with Gasteiger partial charge in [0.1, 0.15) is 0 Å². The van der Waals surface area contributed by atoms with E-state index >= 15 is 0 Å². The van der Waals surface area contributed by atoms with Crippen LogP contribution in [0.2, 0.25) is 0 Å². The molecule has 0 saturated heterocycles. The third-order valence-corrected chi connectivity index (χ3v) is 2.85. The molecule has 19 heavy (non-hydrogen) atoms. The quantitative estimate of drug-likeness (QED) is 0.621. The average Bonchev–Trinajstić information content (AvgIpc) is 2.83. The summed E-state index contributed by atoms with van der Waals surface area (Å²) in [5.41, 5.74) is 2.85. The molecule has 2 aromatic rings. The Kier molecular flexibility index (Phi) is 4.18. The van der Waals surface area contributed by atoms with E-state index in [1.807, 2.05) is 60.3 Å². The van der Waals surface area contributed by atoms with Crippen molar-refractivity contribution in [1.29, 1.82) is 0 Å². The number of hydrogen-bond acceptors (Lipinski definition) is 2. The van der Waals surface area contributed by atoms with Crippen LogP contribution >= 0.6 is 0 Å². The standard InChI is InChI=1S/C16H17NO2/c1-3-19-16(18)12-14(13-8-5-4-6-9-13)15-10-7-11-17(15)2/h4-12H,3H2,1-2H3/b14-12-. The van der Waals surface area contributed by atoms with Gasteiger partial charge < -0.3 is 9.30 Å². The van der Waals surface area contributed by atoms with Crippen molar-refractivity contribution >= 4 is 11.5 Å². The molecule has 0 atom stereocenters. The first-order valence-electron chi connectivity index (χ1n) is 6.28. The summed E-state index contributed by atoms with van der Waals surface area (Å²) >= 11 is 0. The summed E-state index contributed by atoms with van der Waals surface area (Å²) in [4.78, 5) is 11.7. The zero-order chi connectivity index (χ0) is 13.7. The van der Waals surface area contributed by atoms with Crippen LogP contribution in [0.15, 0.2) is 54.7 Å². The molecule has 0 saturated carbocycles. The molecule has 3 nitrogen and oxygen atoms in total. The number of ether oxygens (including phenoxy) is 1. The van der Waals surface area contributed by atoms with Gasteiger partial charge in [0, 0.05) is 30.6 Å². The molecule has 98 valence electrons. The molecule has 0 radical (unpaired) electrons. The van der Waals surface area contributed by atoms with Crippen LogP contribution in [-0.4, -0.2) is 17.1 Å². The Balaban J connectivity index is 2.46. The predicted molar refractivity (Wildman–Crippen MR) is 75.6 cm³/mol. The highest BCUT2D eigenvalue weighted by Gasteiger charge is 2.10. The Morgan fingerprint density at radius 3 is 2.53 bits per heavy atom. The molecule has 0 N–H and O–H groups in total. The van der Waals surface area contributed by atoms with Gasteiger partial charge in [0.2, 0.25) is 0 Å². The Labute approximate surface area is 113 Å². The van der Waals surface area contributed by atoms with Crippen molar-refractivity contribution < 1.29 is 9.53 Å². The van der Waals surface area contributed by atoms with Crippen molar-refractivity contribution in [2.45, 2.75) is 6.92 Å². The van der Waals surface area contributed by atoms with Crippen LogP contribution in [0.4, 0.5) is 0 Å². The highest BCUT2D eigenvalue weighted by Crippen LogP contribution is 2.23. The fourth-order valence-electron chi connectivity index (χ4n) is 1.97. The van der Waals surface area contributed by atoms with Crippen molar-refractivity contribution in [2.75, 3.05) is 6.61 Å². The lowest BCUT2D eigenvalue weighted by atomic mass is 10.0. The molecule has 3 heteroatoms. The van der Waals surface area contributed by atoms with E-state index in [0.717, 1.165) is 16.8 Å². The monoisotopic (exact) mass is 255 g/mol. The minimum atomic E-state index is -0.317. The van der Waals surface area contributed by atoms with E-state index in [4.69, 9.17) is 4.74 Å². The topological polar surface area (TPSA) is 31.2 Å². The normalized spacial score (nSPS) is 11.4. The summed E-state index contributed by atoms with van der Waals surface area (Å²) in [5.74, 6) is -0.317. The van der Waals surface area contributed by atoms with Gasteiger partial charge in [0.05, 0.1) is 6.61 Å². The van der Waals surface area contributed by atoms with Gasteiger partial charge in [0.25, 0.3) is 0 Å². The Morgan fingerprint density at radius 2 is 1.95 bits per heavy atom. The molecule has 0 aliphatic carbocycles. The van der Waals surface area contributed by atoms with Gasteiger partial charge in [-0.1, -0.05) is 30.3 Å². The summed E-state index contributed by atoms with van der Waals surface area (Å²) in [5, 5.41) is 0. The van der Waals surface area contributed by atoms with Gasteiger partial charge in [-0.25, -0.2) is 4.79 Å². The van der Waals surface area contributed by atoms with Crippen LogP contribution in [0, 0.1) is 0 Å². The molecule has 0 spiro atoms.